The predicted octanol–water partition coefficient (Wildman–Crippen LogP) is 1.99. The van der Waals surface area contributed by atoms with Crippen LogP contribution < -0.4 is 10.6 Å². The molecule has 1 heterocycles. The lowest BCUT2D eigenvalue weighted by molar-refractivity contribution is 0.732. The third-order valence-corrected chi connectivity index (χ3v) is 3.35. The van der Waals surface area contributed by atoms with E-state index in [0.29, 0.717) is 4.99 Å². The molecule has 0 saturated heterocycles. The number of rotatable bonds is 4. The topological polar surface area (TPSA) is 55.0 Å². The van der Waals surface area contributed by atoms with Crippen molar-refractivity contribution in [1.82, 2.24) is 10.2 Å². The number of aromatic nitrogens is 2. The van der Waals surface area contributed by atoms with Gasteiger partial charge in [-0.2, -0.15) is 5.10 Å². The Balaban J connectivity index is 2.33. The van der Waals surface area contributed by atoms with Crippen molar-refractivity contribution in [3.8, 4) is 0 Å². The van der Waals surface area contributed by atoms with E-state index in [9.17, 15) is 0 Å². The van der Waals surface area contributed by atoms with E-state index < -0.39 is 0 Å². The molecule has 1 atom stereocenters. The van der Waals surface area contributed by atoms with Crippen LogP contribution in [-0.4, -0.2) is 28.8 Å². The zero-order valence-electron chi connectivity index (χ0n) is 10.5. The standard InChI is InChI=1S/C13H16N4S/c1-9(12(14)18)8-17(2)13-11-6-4-3-5-10(11)7-15-16-13/h3-7,9H,8H2,1-2H3,(H2,14,18). The molecule has 0 spiro atoms. The maximum Gasteiger partial charge on any atom is 0.158 e. The number of anilines is 1. The first kappa shape index (κ1) is 12.7. The highest BCUT2D eigenvalue weighted by atomic mass is 32.1. The van der Waals surface area contributed by atoms with Gasteiger partial charge in [0.1, 0.15) is 0 Å². The van der Waals surface area contributed by atoms with E-state index in [1.807, 2.05) is 43.1 Å². The summed E-state index contributed by atoms with van der Waals surface area (Å²) >= 11 is 5.00. The van der Waals surface area contributed by atoms with Gasteiger partial charge in [0.2, 0.25) is 0 Å². The molecule has 18 heavy (non-hydrogen) atoms. The number of hydrogen-bond donors (Lipinski definition) is 1. The van der Waals surface area contributed by atoms with Crippen LogP contribution in [0.2, 0.25) is 0 Å². The molecule has 1 unspecified atom stereocenters. The third-order valence-electron chi connectivity index (χ3n) is 2.95. The Morgan fingerprint density at radius 3 is 2.89 bits per heavy atom. The maximum atomic E-state index is 5.64. The summed E-state index contributed by atoms with van der Waals surface area (Å²) in [6.45, 7) is 2.75. The average Bonchev–Trinajstić information content (AvgIpc) is 2.37. The summed E-state index contributed by atoms with van der Waals surface area (Å²) in [5.74, 6) is 1.00. The zero-order chi connectivity index (χ0) is 13.1. The molecule has 0 aliphatic rings. The van der Waals surface area contributed by atoms with Gasteiger partial charge in [0.25, 0.3) is 0 Å². The molecule has 1 aromatic carbocycles. The van der Waals surface area contributed by atoms with E-state index in [1.165, 1.54) is 0 Å². The first-order chi connectivity index (χ1) is 8.59. The van der Waals surface area contributed by atoms with Crippen molar-refractivity contribution < 1.29 is 0 Å². The fraction of sp³-hybridized carbons (Fsp3) is 0.308. The lowest BCUT2D eigenvalue weighted by atomic mass is 10.1. The van der Waals surface area contributed by atoms with Gasteiger partial charge >= 0.3 is 0 Å². The number of thiocarbonyl (C=S) groups is 1. The average molecular weight is 260 g/mol. The van der Waals surface area contributed by atoms with Crippen molar-refractivity contribution in [2.45, 2.75) is 6.92 Å². The second-order valence-corrected chi connectivity index (χ2v) is 4.91. The van der Waals surface area contributed by atoms with Gasteiger partial charge in [0, 0.05) is 30.3 Å². The summed E-state index contributed by atoms with van der Waals surface area (Å²) in [5.41, 5.74) is 5.64. The molecule has 0 aliphatic heterocycles. The van der Waals surface area contributed by atoms with Crippen LogP contribution >= 0.6 is 12.2 Å². The Morgan fingerprint density at radius 1 is 1.44 bits per heavy atom. The molecular formula is C13H16N4S. The molecule has 0 bridgehead atoms. The molecule has 2 N–H and O–H groups in total. The van der Waals surface area contributed by atoms with Gasteiger partial charge in [0.15, 0.2) is 5.82 Å². The van der Waals surface area contributed by atoms with Crippen LogP contribution in [0, 0.1) is 5.92 Å². The molecule has 0 aliphatic carbocycles. The lowest BCUT2D eigenvalue weighted by Crippen LogP contribution is -2.32. The zero-order valence-corrected chi connectivity index (χ0v) is 11.3. The van der Waals surface area contributed by atoms with E-state index in [-0.39, 0.29) is 5.92 Å². The molecule has 4 nitrogen and oxygen atoms in total. The Labute approximate surface area is 112 Å². The summed E-state index contributed by atoms with van der Waals surface area (Å²) in [5, 5.41) is 10.4. The molecule has 0 amide bonds. The molecule has 0 radical (unpaired) electrons. The van der Waals surface area contributed by atoms with Gasteiger partial charge < -0.3 is 10.6 Å². The van der Waals surface area contributed by atoms with Crippen molar-refractivity contribution in [2.24, 2.45) is 11.7 Å². The normalized spacial score (nSPS) is 12.3. The highest BCUT2D eigenvalue weighted by Gasteiger charge is 2.13. The third kappa shape index (κ3) is 2.56. The molecule has 0 saturated carbocycles. The highest BCUT2D eigenvalue weighted by molar-refractivity contribution is 7.80. The lowest BCUT2D eigenvalue weighted by Gasteiger charge is -2.22. The van der Waals surface area contributed by atoms with Crippen LogP contribution in [0.1, 0.15) is 6.92 Å². The Hall–Kier alpha value is -1.75. The van der Waals surface area contributed by atoms with Crippen LogP contribution in [0.5, 0.6) is 0 Å². The summed E-state index contributed by atoms with van der Waals surface area (Å²) < 4.78 is 0. The first-order valence-electron chi connectivity index (χ1n) is 5.80. The SMILES string of the molecule is CC(CN(C)c1nncc2ccccc12)C(N)=S. The van der Waals surface area contributed by atoms with E-state index in [0.717, 1.165) is 23.1 Å². The quantitative estimate of drug-likeness (QED) is 0.852. The van der Waals surface area contributed by atoms with Crippen LogP contribution in [0.4, 0.5) is 5.82 Å². The van der Waals surface area contributed by atoms with Gasteiger partial charge in [-0.15, -0.1) is 5.10 Å². The molecule has 0 fully saturated rings. The molecule has 2 rings (SSSR count). The Bertz CT molecular complexity index is 564. The van der Waals surface area contributed by atoms with Crippen molar-refractivity contribution >= 4 is 33.8 Å². The van der Waals surface area contributed by atoms with E-state index in [2.05, 4.69) is 10.2 Å². The molecule has 94 valence electrons. The minimum Gasteiger partial charge on any atom is -0.393 e. The predicted molar refractivity (Wildman–Crippen MR) is 78.8 cm³/mol. The number of fused-ring (bicyclic) bond motifs is 1. The van der Waals surface area contributed by atoms with E-state index in [1.54, 1.807) is 6.20 Å². The fourth-order valence-electron chi connectivity index (χ4n) is 1.88. The second-order valence-electron chi connectivity index (χ2n) is 4.44. The number of benzene rings is 1. The second kappa shape index (κ2) is 5.27. The van der Waals surface area contributed by atoms with E-state index in [4.69, 9.17) is 18.0 Å². The summed E-state index contributed by atoms with van der Waals surface area (Å²) in [7, 11) is 1.98. The minimum absolute atomic E-state index is 0.144. The van der Waals surface area contributed by atoms with Gasteiger partial charge in [-0.05, 0) is 0 Å². The maximum absolute atomic E-state index is 5.64. The minimum atomic E-state index is 0.144. The first-order valence-corrected chi connectivity index (χ1v) is 6.21. The van der Waals surface area contributed by atoms with E-state index >= 15 is 0 Å². The van der Waals surface area contributed by atoms with Crippen LogP contribution in [0.15, 0.2) is 30.5 Å². The van der Waals surface area contributed by atoms with Gasteiger partial charge in [-0.3, -0.25) is 0 Å². The van der Waals surface area contributed by atoms with Crippen molar-refractivity contribution in [3.63, 3.8) is 0 Å². The highest BCUT2D eigenvalue weighted by Crippen LogP contribution is 2.22. The fourth-order valence-corrected chi connectivity index (χ4v) is 1.96. The molecule has 5 heteroatoms. The largest absolute Gasteiger partial charge is 0.393 e. The van der Waals surface area contributed by atoms with Crippen LogP contribution in [0.3, 0.4) is 0 Å². The van der Waals surface area contributed by atoms with Gasteiger partial charge in [-0.25, -0.2) is 0 Å². The number of nitrogens with two attached hydrogens (primary N) is 1. The van der Waals surface area contributed by atoms with Crippen molar-refractivity contribution in [2.75, 3.05) is 18.5 Å². The number of nitrogens with zero attached hydrogens (tertiary/aromatic N) is 3. The summed E-state index contributed by atoms with van der Waals surface area (Å²) in [6.07, 6.45) is 1.77. The van der Waals surface area contributed by atoms with Crippen LogP contribution in [-0.2, 0) is 0 Å². The Kier molecular flexibility index (Phi) is 3.72. The summed E-state index contributed by atoms with van der Waals surface area (Å²) in [6, 6.07) is 8.06. The molecular weight excluding hydrogens is 244 g/mol. The summed E-state index contributed by atoms with van der Waals surface area (Å²) in [4.78, 5) is 2.56. The van der Waals surface area contributed by atoms with Crippen molar-refractivity contribution in [1.29, 1.82) is 0 Å². The van der Waals surface area contributed by atoms with Gasteiger partial charge in [-0.1, -0.05) is 43.4 Å². The molecule has 2 aromatic rings. The van der Waals surface area contributed by atoms with Gasteiger partial charge in [0.05, 0.1) is 11.2 Å². The monoisotopic (exact) mass is 260 g/mol. The van der Waals surface area contributed by atoms with Crippen LogP contribution in [0.25, 0.3) is 10.8 Å². The smallest absolute Gasteiger partial charge is 0.158 e. The number of hydrogen-bond acceptors (Lipinski definition) is 4. The molecule has 1 aromatic heterocycles. The van der Waals surface area contributed by atoms with Crippen molar-refractivity contribution in [3.05, 3.63) is 30.5 Å². The Morgan fingerprint density at radius 2 is 2.17 bits per heavy atom.